The summed E-state index contributed by atoms with van der Waals surface area (Å²) < 4.78 is 15.2. The third kappa shape index (κ3) is 4.04. The van der Waals surface area contributed by atoms with Crippen LogP contribution >= 0.6 is 0 Å². The van der Waals surface area contributed by atoms with Crippen molar-refractivity contribution in [2.24, 2.45) is 0 Å². The predicted molar refractivity (Wildman–Crippen MR) is 134 cm³/mol. The van der Waals surface area contributed by atoms with Crippen LogP contribution in [0.4, 0.5) is 10.2 Å². The molecule has 9 heteroatoms. The zero-order chi connectivity index (χ0) is 24.5. The van der Waals surface area contributed by atoms with E-state index in [4.69, 9.17) is 0 Å². The summed E-state index contributed by atoms with van der Waals surface area (Å²) in [4.78, 5) is 25.8. The van der Waals surface area contributed by atoms with Crippen LogP contribution in [0, 0.1) is 5.82 Å². The summed E-state index contributed by atoms with van der Waals surface area (Å²) in [5, 5.41) is 8.46. The van der Waals surface area contributed by atoms with E-state index in [0.717, 1.165) is 11.1 Å². The molecule has 1 aliphatic rings. The highest BCUT2D eigenvalue weighted by molar-refractivity contribution is 5.95. The maximum absolute atomic E-state index is 13.7. The number of hydrogen-bond donors (Lipinski definition) is 0. The average Bonchev–Trinajstić information content (AvgIpc) is 3.38. The van der Waals surface area contributed by atoms with Crippen LogP contribution in [0.15, 0.2) is 85.2 Å². The van der Waals surface area contributed by atoms with Gasteiger partial charge in [-0.05, 0) is 41.5 Å². The van der Waals surface area contributed by atoms with Gasteiger partial charge in [-0.1, -0.05) is 53.7 Å². The highest BCUT2D eigenvalue weighted by Gasteiger charge is 2.25. The fraction of sp³-hybridized carbons (Fsp3) is 0.148. The summed E-state index contributed by atoms with van der Waals surface area (Å²) >= 11 is 0. The molecule has 0 unspecified atom stereocenters. The van der Waals surface area contributed by atoms with Gasteiger partial charge < -0.3 is 9.80 Å². The molecule has 178 valence electrons. The zero-order valence-corrected chi connectivity index (χ0v) is 19.3. The summed E-state index contributed by atoms with van der Waals surface area (Å²) in [6, 6.07) is 24.0. The van der Waals surface area contributed by atoms with Crippen molar-refractivity contribution in [2.45, 2.75) is 0 Å². The molecule has 2 aromatic heterocycles. The van der Waals surface area contributed by atoms with Crippen molar-refractivity contribution in [1.29, 1.82) is 0 Å². The Morgan fingerprint density at radius 2 is 1.56 bits per heavy atom. The van der Waals surface area contributed by atoms with Crippen molar-refractivity contribution in [3.63, 3.8) is 0 Å². The second kappa shape index (κ2) is 9.18. The third-order valence-electron chi connectivity index (χ3n) is 6.38. The minimum absolute atomic E-state index is 0.0131. The number of piperazine rings is 1. The van der Waals surface area contributed by atoms with Crippen LogP contribution in [0.2, 0.25) is 0 Å². The van der Waals surface area contributed by atoms with Gasteiger partial charge >= 0.3 is 0 Å². The van der Waals surface area contributed by atoms with E-state index in [9.17, 15) is 9.18 Å². The van der Waals surface area contributed by atoms with Gasteiger partial charge in [-0.2, -0.15) is 4.68 Å². The smallest absolute Gasteiger partial charge is 0.253 e. The second-order valence-electron chi connectivity index (χ2n) is 8.57. The van der Waals surface area contributed by atoms with Gasteiger partial charge in [0.1, 0.15) is 12.1 Å². The van der Waals surface area contributed by atoms with E-state index in [1.165, 1.54) is 23.1 Å². The molecule has 1 aliphatic heterocycles. The minimum atomic E-state index is -0.360. The number of amides is 1. The van der Waals surface area contributed by atoms with Gasteiger partial charge in [0.05, 0.1) is 5.69 Å². The van der Waals surface area contributed by atoms with Gasteiger partial charge in [0.25, 0.3) is 5.91 Å². The van der Waals surface area contributed by atoms with E-state index in [2.05, 4.69) is 37.3 Å². The quantitative estimate of drug-likeness (QED) is 0.388. The molecule has 0 N–H and O–H groups in total. The molecule has 3 heterocycles. The zero-order valence-electron chi connectivity index (χ0n) is 19.3. The lowest BCUT2D eigenvalue weighted by molar-refractivity contribution is 0.0746. The van der Waals surface area contributed by atoms with E-state index < -0.39 is 0 Å². The molecule has 1 amide bonds. The topological polar surface area (TPSA) is 80.0 Å². The fourth-order valence-electron chi connectivity index (χ4n) is 4.49. The summed E-state index contributed by atoms with van der Waals surface area (Å²) in [7, 11) is 0. The van der Waals surface area contributed by atoms with Crippen molar-refractivity contribution in [2.75, 3.05) is 31.1 Å². The number of hydrogen-bond acceptors (Lipinski definition) is 6. The van der Waals surface area contributed by atoms with Crippen LogP contribution in [0.3, 0.4) is 0 Å². The van der Waals surface area contributed by atoms with Crippen molar-refractivity contribution in [1.82, 2.24) is 29.9 Å². The SMILES string of the molecule is O=C(c1ccc(-c2ccccc2)cc1)N1CCN(c2ncnc3c2nnn3-c2cccc(F)c2)CC1. The van der Waals surface area contributed by atoms with Crippen LogP contribution in [0.1, 0.15) is 10.4 Å². The van der Waals surface area contributed by atoms with Gasteiger partial charge in [-0.3, -0.25) is 4.79 Å². The number of carbonyl (C=O) groups is 1. The third-order valence-corrected chi connectivity index (χ3v) is 6.38. The lowest BCUT2D eigenvalue weighted by atomic mass is 10.0. The predicted octanol–water partition coefficient (Wildman–Crippen LogP) is 3.98. The van der Waals surface area contributed by atoms with Gasteiger partial charge in [0.2, 0.25) is 0 Å². The number of anilines is 1. The number of nitrogens with zero attached hydrogens (tertiary/aromatic N) is 7. The first-order valence-electron chi connectivity index (χ1n) is 11.7. The van der Waals surface area contributed by atoms with Crippen molar-refractivity contribution < 1.29 is 9.18 Å². The minimum Gasteiger partial charge on any atom is -0.351 e. The number of fused-ring (bicyclic) bond motifs is 1. The molecule has 0 bridgehead atoms. The van der Waals surface area contributed by atoms with Crippen LogP contribution in [-0.2, 0) is 0 Å². The first-order chi connectivity index (χ1) is 17.7. The normalized spacial score (nSPS) is 13.8. The molecule has 1 fully saturated rings. The number of halogens is 1. The summed E-state index contributed by atoms with van der Waals surface area (Å²) in [5.74, 6) is 0.307. The molecule has 0 saturated carbocycles. The monoisotopic (exact) mass is 479 g/mol. The maximum Gasteiger partial charge on any atom is 0.253 e. The Kier molecular flexibility index (Phi) is 5.57. The van der Waals surface area contributed by atoms with Crippen molar-refractivity contribution >= 4 is 22.9 Å². The molecule has 0 atom stereocenters. The molecule has 0 aliphatic carbocycles. The Balaban J connectivity index is 1.17. The Hall–Kier alpha value is -4.66. The number of benzene rings is 3. The van der Waals surface area contributed by atoms with E-state index in [1.807, 2.05) is 47.4 Å². The van der Waals surface area contributed by atoms with Crippen LogP contribution < -0.4 is 4.90 Å². The average molecular weight is 480 g/mol. The van der Waals surface area contributed by atoms with E-state index in [0.29, 0.717) is 54.4 Å². The lowest BCUT2D eigenvalue weighted by Gasteiger charge is -2.35. The van der Waals surface area contributed by atoms with Crippen molar-refractivity contribution in [3.8, 4) is 16.8 Å². The van der Waals surface area contributed by atoms with Gasteiger partial charge in [-0.15, -0.1) is 5.10 Å². The Bertz CT molecular complexity index is 1530. The molecule has 6 rings (SSSR count). The number of carbonyl (C=O) groups excluding carboxylic acids is 1. The lowest BCUT2D eigenvalue weighted by Crippen LogP contribution is -2.49. The van der Waals surface area contributed by atoms with E-state index >= 15 is 0 Å². The van der Waals surface area contributed by atoms with E-state index in [-0.39, 0.29) is 11.7 Å². The molecule has 8 nitrogen and oxygen atoms in total. The van der Waals surface area contributed by atoms with E-state index in [1.54, 1.807) is 12.1 Å². The molecule has 0 radical (unpaired) electrons. The Labute approximate surface area is 206 Å². The molecule has 5 aromatic rings. The van der Waals surface area contributed by atoms with Crippen LogP contribution in [0.5, 0.6) is 0 Å². The molecule has 1 saturated heterocycles. The second-order valence-corrected chi connectivity index (χ2v) is 8.57. The largest absolute Gasteiger partial charge is 0.351 e. The molecule has 36 heavy (non-hydrogen) atoms. The first kappa shape index (κ1) is 21.8. The van der Waals surface area contributed by atoms with Gasteiger partial charge in [0.15, 0.2) is 17.0 Å². The standard InChI is InChI=1S/C27H22FN7O/c28-22-7-4-8-23(17-22)35-26-24(31-32-35)25(29-18-30-26)33-13-15-34(16-14-33)27(36)21-11-9-20(10-12-21)19-5-2-1-3-6-19/h1-12,17-18H,13-16H2. The molecule has 3 aromatic carbocycles. The summed E-state index contributed by atoms with van der Waals surface area (Å²) in [6.07, 6.45) is 1.46. The Morgan fingerprint density at radius 1 is 0.806 bits per heavy atom. The number of rotatable bonds is 4. The fourth-order valence-corrected chi connectivity index (χ4v) is 4.49. The number of aromatic nitrogens is 5. The van der Waals surface area contributed by atoms with Crippen molar-refractivity contribution in [3.05, 3.63) is 96.6 Å². The Morgan fingerprint density at radius 3 is 2.31 bits per heavy atom. The van der Waals surface area contributed by atoms with Gasteiger partial charge in [0, 0.05) is 31.7 Å². The summed E-state index contributed by atoms with van der Waals surface area (Å²) in [5.41, 5.74) is 4.45. The molecule has 0 spiro atoms. The van der Waals surface area contributed by atoms with Crippen LogP contribution in [-0.4, -0.2) is 61.9 Å². The van der Waals surface area contributed by atoms with Crippen LogP contribution in [0.25, 0.3) is 28.0 Å². The maximum atomic E-state index is 13.7. The highest BCUT2D eigenvalue weighted by Crippen LogP contribution is 2.25. The highest BCUT2D eigenvalue weighted by atomic mass is 19.1. The molecular weight excluding hydrogens is 457 g/mol. The molecular formula is C27H22FN7O. The first-order valence-corrected chi connectivity index (χ1v) is 11.7. The summed E-state index contributed by atoms with van der Waals surface area (Å²) in [6.45, 7) is 2.32. The van der Waals surface area contributed by atoms with Gasteiger partial charge in [-0.25, -0.2) is 14.4 Å².